The van der Waals surface area contributed by atoms with E-state index in [9.17, 15) is 14.7 Å². The Balaban J connectivity index is 2.55. The van der Waals surface area contributed by atoms with E-state index in [2.05, 4.69) is 5.32 Å². The third-order valence-corrected chi connectivity index (χ3v) is 3.08. The number of Topliss-reactive ketones (excluding diaryl/α,β-unsaturated/α-hetero) is 1. The van der Waals surface area contributed by atoms with Gasteiger partial charge in [-0.2, -0.15) is 0 Å². The second-order valence-electron chi connectivity index (χ2n) is 5.26. The number of hydrogen-bond donors (Lipinski definition) is 3. The monoisotopic (exact) mass is 278 g/mol. The summed E-state index contributed by atoms with van der Waals surface area (Å²) >= 11 is 0. The lowest BCUT2D eigenvalue weighted by Gasteiger charge is -2.18. The first-order valence-electron chi connectivity index (χ1n) is 6.69. The molecule has 1 rings (SSSR count). The van der Waals surface area contributed by atoms with Crippen LogP contribution in [-0.2, 0) is 16.0 Å². The zero-order valence-corrected chi connectivity index (χ0v) is 12.1. The van der Waals surface area contributed by atoms with E-state index < -0.39 is 12.1 Å². The van der Waals surface area contributed by atoms with Crippen molar-refractivity contribution in [3.05, 3.63) is 29.8 Å². The van der Waals surface area contributed by atoms with Crippen LogP contribution in [-0.4, -0.2) is 28.9 Å². The van der Waals surface area contributed by atoms with Gasteiger partial charge in [-0.05, 0) is 31.0 Å². The molecule has 0 radical (unpaired) electrons. The van der Waals surface area contributed by atoms with Gasteiger partial charge in [-0.25, -0.2) is 0 Å². The van der Waals surface area contributed by atoms with Crippen LogP contribution in [0.3, 0.4) is 0 Å². The van der Waals surface area contributed by atoms with E-state index in [-0.39, 0.29) is 23.4 Å². The number of aromatic hydroxyl groups is 1. The minimum atomic E-state index is -0.720. The topological polar surface area (TPSA) is 92.4 Å². The zero-order chi connectivity index (χ0) is 15.3. The van der Waals surface area contributed by atoms with Crippen molar-refractivity contribution < 1.29 is 14.7 Å². The molecule has 0 unspecified atom stereocenters. The number of nitrogens with two attached hydrogens (primary N) is 1. The van der Waals surface area contributed by atoms with Gasteiger partial charge in [0.25, 0.3) is 0 Å². The highest BCUT2D eigenvalue weighted by Gasteiger charge is 2.21. The molecule has 0 aliphatic carbocycles. The summed E-state index contributed by atoms with van der Waals surface area (Å²) in [6.45, 7) is 5.25. The first-order chi connectivity index (χ1) is 9.31. The average molecular weight is 278 g/mol. The Morgan fingerprint density at radius 1 is 1.20 bits per heavy atom. The van der Waals surface area contributed by atoms with E-state index in [0.29, 0.717) is 6.42 Å². The molecule has 0 spiro atoms. The van der Waals surface area contributed by atoms with Gasteiger partial charge < -0.3 is 16.2 Å². The maximum absolute atomic E-state index is 11.9. The Labute approximate surface area is 119 Å². The summed E-state index contributed by atoms with van der Waals surface area (Å²) in [5.41, 5.74) is 6.68. The van der Waals surface area contributed by atoms with Crippen LogP contribution in [0.5, 0.6) is 5.75 Å². The lowest BCUT2D eigenvalue weighted by atomic mass is 10.0. The predicted molar refractivity (Wildman–Crippen MR) is 77.2 cm³/mol. The molecule has 0 heterocycles. The first kappa shape index (κ1) is 16.2. The molecule has 0 fully saturated rings. The Hall–Kier alpha value is -1.88. The van der Waals surface area contributed by atoms with Crippen molar-refractivity contribution in [2.24, 2.45) is 11.7 Å². The van der Waals surface area contributed by atoms with Crippen LogP contribution < -0.4 is 11.1 Å². The Bertz CT molecular complexity index is 469. The minimum absolute atomic E-state index is 0.0183. The maximum atomic E-state index is 11.9. The smallest absolute Gasteiger partial charge is 0.237 e. The molecule has 4 N–H and O–H groups in total. The summed E-state index contributed by atoms with van der Waals surface area (Å²) in [7, 11) is 0. The number of carbonyl (C=O) groups excluding carboxylic acids is 2. The molecule has 0 aliphatic heterocycles. The van der Waals surface area contributed by atoms with E-state index in [1.165, 1.54) is 0 Å². The molecule has 110 valence electrons. The molecule has 20 heavy (non-hydrogen) atoms. The lowest BCUT2D eigenvalue weighted by molar-refractivity contribution is -0.129. The number of hydrogen-bond acceptors (Lipinski definition) is 4. The normalized spacial score (nSPS) is 13.8. The molecular formula is C15H22N2O3. The van der Waals surface area contributed by atoms with Crippen molar-refractivity contribution in [2.45, 2.75) is 39.3 Å². The molecule has 5 heteroatoms. The van der Waals surface area contributed by atoms with Crippen molar-refractivity contribution in [3.63, 3.8) is 0 Å². The molecule has 0 bridgehead atoms. The molecule has 0 aliphatic rings. The van der Waals surface area contributed by atoms with Gasteiger partial charge in [0.05, 0.1) is 12.1 Å². The quantitative estimate of drug-likeness (QED) is 0.723. The van der Waals surface area contributed by atoms with Crippen LogP contribution in [0.2, 0.25) is 0 Å². The van der Waals surface area contributed by atoms with Crippen LogP contribution in [0.1, 0.15) is 26.3 Å². The summed E-state index contributed by atoms with van der Waals surface area (Å²) in [4.78, 5) is 23.6. The molecule has 0 saturated heterocycles. The summed E-state index contributed by atoms with van der Waals surface area (Å²) in [5, 5.41) is 11.8. The summed E-state index contributed by atoms with van der Waals surface area (Å²) in [5.74, 6) is -0.323. The standard InChI is InChI=1S/C15H22N2O3/c1-9(2)14(19)10(3)17-15(20)13(16)8-11-4-6-12(18)7-5-11/h4-7,9-10,13,18H,8,16H2,1-3H3,(H,17,20)/t10-,13-/m0/s1. The summed E-state index contributed by atoms with van der Waals surface area (Å²) in [6, 6.07) is 5.27. The molecule has 0 aromatic heterocycles. The highest BCUT2D eigenvalue weighted by molar-refractivity contribution is 5.91. The van der Waals surface area contributed by atoms with E-state index in [4.69, 9.17) is 5.73 Å². The van der Waals surface area contributed by atoms with Gasteiger partial charge in [0.2, 0.25) is 5.91 Å². The van der Waals surface area contributed by atoms with Crippen molar-refractivity contribution in [2.75, 3.05) is 0 Å². The van der Waals surface area contributed by atoms with Gasteiger partial charge in [-0.3, -0.25) is 9.59 Å². The van der Waals surface area contributed by atoms with E-state index in [1.54, 1.807) is 45.0 Å². The van der Waals surface area contributed by atoms with Crippen LogP contribution in [0.4, 0.5) is 0 Å². The van der Waals surface area contributed by atoms with Gasteiger partial charge in [-0.15, -0.1) is 0 Å². The largest absolute Gasteiger partial charge is 0.508 e. The van der Waals surface area contributed by atoms with E-state index >= 15 is 0 Å². The number of phenols is 1. The van der Waals surface area contributed by atoms with E-state index in [0.717, 1.165) is 5.56 Å². The van der Waals surface area contributed by atoms with Crippen LogP contribution >= 0.6 is 0 Å². The minimum Gasteiger partial charge on any atom is -0.508 e. The van der Waals surface area contributed by atoms with Crippen molar-refractivity contribution in [3.8, 4) is 5.75 Å². The third kappa shape index (κ3) is 4.66. The van der Waals surface area contributed by atoms with Crippen molar-refractivity contribution in [1.29, 1.82) is 0 Å². The number of ketones is 1. The Morgan fingerprint density at radius 2 is 1.75 bits per heavy atom. The zero-order valence-electron chi connectivity index (χ0n) is 12.1. The summed E-state index contributed by atoms with van der Waals surface area (Å²) in [6.07, 6.45) is 0.356. The number of amides is 1. The molecule has 1 aromatic carbocycles. The molecule has 2 atom stereocenters. The fraction of sp³-hybridized carbons (Fsp3) is 0.467. The first-order valence-corrected chi connectivity index (χ1v) is 6.69. The van der Waals surface area contributed by atoms with E-state index in [1.807, 2.05) is 0 Å². The van der Waals surface area contributed by atoms with Gasteiger partial charge in [-0.1, -0.05) is 26.0 Å². The highest BCUT2D eigenvalue weighted by Crippen LogP contribution is 2.11. The SMILES string of the molecule is CC(C)C(=O)[C@H](C)NC(=O)[C@@H](N)Cc1ccc(O)cc1. The number of carbonyl (C=O) groups is 2. The van der Waals surface area contributed by atoms with Crippen molar-refractivity contribution in [1.82, 2.24) is 5.32 Å². The van der Waals surface area contributed by atoms with Crippen LogP contribution in [0.15, 0.2) is 24.3 Å². The fourth-order valence-corrected chi connectivity index (χ4v) is 1.87. The Kier molecular flexibility index (Phi) is 5.70. The summed E-state index contributed by atoms with van der Waals surface area (Å²) < 4.78 is 0. The average Bonchev–Trinajstić information content (AvgIpc) is 2.40. The fourth-order valence-electron chi connectivity index (χ4n) is 1.87. The number of phenolic OH excluding ortho intramolecular Hbond substituents is 1. The molecular weight excluding hydrogens is 256 g/mol. The number of nitrogens with one attached hydrogen (secondary N) is 1. The molecule has 0 saturated carbocycles. The van der Waals surface area contributed by atoms with Gasteiger partial charge in [0, 0.05) is 5.92 Å². The van der Waals surface area contributed by atoms with Crippen LogP contribution in [0, 0.1) is 5.92 Å². The van der Waals surface area contributed by atoms with Gasteiger partial charge >= 0.3 is 0 Å². The highest BCUT2D eigenvalue weighted by atomic mass is 16.3. The second kappa shape index (κ2) is 7.05. The molecule has 1 amide bonds. The van der Waals surface area contributed by atoms with Gasteiger partial charge in [0.15, 0.2) is 5.78 Å². The number of benzene rings is 1. The predicted octanol–water partition coefficient (Wildman–Crippen LogP) is 0.992. The maximum Gasteiger partial charge on any atom is 0.237 e. The lowest BCUT2D eigenvalue weighted by Crippen LogP contribution is -2.48. The van der Waals surface area contributed by atoms with Crippen molar-refractivity contribution >= 4 is 11.7 Å². The second-order valence-corrected chi connectivity index (χ2v) is 5.26. The molecule has 5 nitrogen and oxygen atoms in total. The number of rotatable bonds is 6. The van der Waals surface area contributed by atoms with Crippen LogP contribution in [0.25, 0.3) is 0 Å². The third-order valence-electron chi connectivity index (χ3n) is 3.08. The molecule has 1 aromatic rings. The Morgan fingerprint density at radius 3 is 2.25 bits per heavy atom. The van der Waals surface area contributed by atoms with Gasteiger partial charge in [0.1, 0.15) is 5.75 Å².